The van der Waals surface area contributed by atoms with Crippen molar-refractivity contribution in [2.75, 3.05) is 21.3 Å². The van der Waals surface area contributed by atoms with Gasteiger partial charge in [0.25, 0.3) is 0 Å². The first-order valence-electron chi connectivity index (χ1n) is 11.0. The van der Waals surface area contributed by atoms with E-state index in [-0.39, 0.29) is 23.6 Å². The van der Waals surface area contributed by atoms with Gasteiger partial charge in [-0.15, -0.1) is 0 Å². The number of methoxy groups -OCH3 is 3. The van der Waals surface area contributed by atoms with Crippen LogP contribution in [0.1, 0.15) is 16.7 Å². The van der Waals surface area contributed by atoms with E-state index in [0.29, 0.717) is 11.5 Å². The molecule has 1 atom stereocenters. The van der Waals surface area contributed by atoms with E-state index in [1.165, 1.54) is 20.3 Å². The third kappa shape index (κ3) is 6.74. The van der Waals surface area contributed by atoms with E-state index in [9.17, 15) is 13.2 Å². The molecular weight excluding hydrogens is 468 g/mol. The molecule has 0 radical (unpaired) electrons. The molecule has 8 nitrogen and oxygen atoms in total. The van der Waals surface area contributed by atoms with Crippen molar-refractivity contribution in [3.05, 3.63) is 83.4 Å². The summed E-state index contributed by atoms with van der Waals surface area (Å²) in [5, 5.41) is 2.83. The number of rotatable bonds is 11. The summed E-state index contributed by atoms with van der Waals surface area (Å²) in [5.74, 6) is 0.850. The van der Waals surface area contributed by atoms with Gasteiger partial charge in [0.2, 0.25) is 15.9 Å². The van der Waals surface area contributed by atoms with Gasteiger partial charge in [-0.05, 0) is 54.3 Å². The highest BCUT2D eigenvalue weighted by molar-refractivity contribution is 7.89. The van der Waals surface area contributed by atoms with Crippen molar-refractivity contribution in [3.8, 4) is 17.2 Å². The number of benzene rings is 3. The van der Waals surface area contributed by atoms with E-state index >= 15 is 0 Å². The number of carbonyl (C=O) groups is 1. The van der Waals surface area contributed by atoms with Crippen LogP contribution in [-0.2, 0) is 27.8 Å². The van der Waals surface area contributed by atoms with Crippen LogP contribution in [0.15, 0.2) is 71.6 Å². The Morgan fingerprint density at radius 3 is 2.14 bits per heavy atom. The number of amides is 1. The maximum atomic E-state index is 13.3. The lowest BCUT2D eigenvalue weighted by Crippen LogP contribution is -2.47. The number of nitrogens with one attached hydrogen (secondary N) is 2. The Bertz CT molecular complexity index is 1260. The Hall–Kier alpha value is -3.56. The Balaban J connectivity index is 1.84. The molecule has 3 aromatic rings. The summed E-state index contributed by atoms with van der Waals surface area (Å²) in [6.45, 7) is 1.97. The number of hydrogen-bond acceptors (Lipinski definition) is 6. The van der Waals surface area contributed by atoms with E-state index < -0.39 is 22.0 Å². The first kappa shape index (κ1) is 26.1. The average Bonchev–Trinajstić information content (AvgIpc) is 2.87. The van der Waals surface area contributed by atoms with E-state index in [0.717, 1.165) is 16.7 Å². The number of aryl methyl sites for hydroxylation is 1. The number of hydrogen-bond donors (Lipinski definition) is 2. The fraction of sp³-hybridized carbons (Fsp3) is 0.269. The van der Waals surface area contributed by atoms with Gasteiger partial charge in [-0.25, -0.2) is 8.42 Å². The molecule has 0 bridgehead atoms. The Morgan fingerprint density at radius 1 is 0.829 bits per heavy atom. The first-order chi connectivity index (χ1) is 16.8. The van der Waals surface area contributed by atoms with Gasteiger partial charge in [-0.1, -0.05) is 42.5 Å². The van der Waals surface area contributed by atoms with Crippen LogP contribution in [0, 0.1) is 6.92 Å². The summed E-state index contributed by atoms with van der Waals surface area (Å²) in [4.78, 5) is 13.2. The molecule has 186 valence electrons. The highest BCUT2D eigenvalue weighted by Crippen LogP contribution is 2.28. The van der Waals surface area contributed by atoms with Gasteiger partial charge in [0, 0.05) is 6.54 Å². The summed E-state index contributed by atoms with van der Waals surface area (Å²) in [6, 6.07) is 18.3. The van der Waals surface area contributed by atoms with Crippen molar-refractivity contribution in [1.82, 2.24) is 10.0 Å². The quantitative estimate of drug-likeness (QED) is 0.421. The average molecular weight is 499 g/mol. The lowest BCUT2D eigenvalue weighted by atomic mass is 10.1. The zero-order chi connectivity index (χ0) is 25.4. The molecule has 2 N–H and O–H groups in total. The van der Waals surface area contributed by atoms with Crippen molar-refractivity contribution in [2.24, 2.45) is 0 Å². The Kier molecular flexibility index (Phi) is 8.73. The second-order valence-electron chi connectivity index (χ2n) is 7.93. The summed E-state index contributed by atoms with van der Waals surface area (Å²) in [6.07, 6.45) is 0.173. The molecule has 3 aromatic carbocycles. The second kappa shape index (κ2) is 11.7. The number of sulfonamides is 1. The molecule has 0 unspecified atom stereocenters. The zero-order valence-electron chi connectivity index (χ0n) is 20.2. The molecule has 0 aliphatic heterocycles. The van der Waals surface area contributed by atoms with Crippen molar-refractivity contribution in [1.29, 1.82) is 0 Å². The lowest BCUT2D eigenvalue weighted by molar-refractivity contribution is -0.122. The maximum absolute atomic E-state index is 13.3. The fourth-order valence-corrected chi connectivity index (χ4v) is 5.03. The zero-order valence-corrected chi connectivity index (χ0v) is 21.0. The van der Waals surface area contributed by atoms with Crippen LogP contribution in [-0.4, -0.2) is 41.7 Å². The van der Waals surface area contributed by atoms with E-state index in [1.807, 2.05) is 30.3 Å². The van der Waals surface area contributed by atoms with E-state index in [1.54, 1.807) is 44.4 Å². The van der Waals surface area contributed by atoms with Crippen LogP contribution in [0.5, 0.6) is 17.2 Å². The summed E-state index contributed by atoms with van der Waals surface area (Å²) < 4.78 is 45.0. The van der Waals surface area contributed by atoms with Gasteiger partial charge in [0.1, 0.15) is 16.7 Å². The molecule has 0 heterocycles. The first-order valence-corrected chi connectivity index (χ1v) is 12.4. The Labute approximate surface area is 206 Å². The van der Waals surface area contributed by atoms with Crippen LogP contribution < -0.4 is 24.2 Å². The third-order valence-corrected chi connectivity index (χ3v) is 6.91. The molecule has 9 heteroatoms. The summed E-state index contributed by atoms with van der Waals surface area (Å²) >= 11 is 0. The van der Waals surface area contributed by atoms with Gasteiger partial charge in [-0.2, -0.15) is 4.72 Å². The standard InChI is InChI=1S/C26H30N2O6S/c1-18-10-12-23(33-3)25(14-18)35(30,31)28-21(15-19-8-6-5-7-9-19)26(29)27-17-20-11-13-22(32-2)24(16-20)34-4/h5-14,16,21,28H,15,17H2,1-4H3,(H,27,29)/t21-/m0/s1. The molecule has 0 aliphatic carbocycles. The molecule has 1 amide bonds. The van der Waals surface area contributed by atoms with Gasteiger partial charge < -0.3 is 19.5 Å². The van der Waals surface area contributed by atoms with Gasteiger partial charge in [-0.3, -0.25) is 4.79 Å². The maximum Gasteiger partial charge on any atom is 0.244 e. The molecule has 35 heavy (non-hydrogen) atoms. The minimum atomic E-state index is -4.06. The SMILES string of the molecule is COc1ccc(CNC(=O)[C@H](Cc2ccccc2)NS(=O)(=O)c2cc(C)ccc2OC)cc1OC. The topological polar surface area (TPSA) is 103 Å². The normalized spacial score (nSPS) is 12.0. The van der Waals surface area contributed by atoms with Crippen LogP contribution in [0.4, 0.5) is 0 Å². The second-order valence-corrected chi connectivity index (χ2v) is 9.61. The Morgan fingerprint density at radius 2 is 1.49 bits per heavy atom. The van der Waals surface area contributed by atoms with Crippen LogP contribution in [0.2, 0.25) is 0 Å². The summed E-state index contributed by atoms with van der Waals surface area (Å²) in [7, 11) is 0.416. The molecule has 0 fully saturated rings. The molecule has 3 rings (SSSR count). The highest BCUT2D eigenvalue weighted by Gasteiger charge is 2.28. The minimum absolute atomic E-state index is 0.0225. The lowest BCUT2D eigenvalue weighted by Gasteiger charge is -2.20. The monoisotopic (exact) mass is 498 g/mol. The van der Waals surface area contributed by atoms with E-state index in [2.05, 4.69) is 10.0 Å². The van der Waals surface area contributed by atoms with E-state index in [4.69, 9.17) is 14.2 Å². The molecule has 0 saturated heterocycles. The molecule has 0 spiro atoms. The smallest absolute Gasteiger partial charge is 0.244 e. The fourth-order valence-electron chi connectivity index (χ4n) is 3.59. The van der Waals surface area contributed by atoms with Crippen molar-refractivity contribution >= 4 is 15.9 Å². The molecule has 0 saturated carbocycles. The van der Waals surface area contributed by atoms with Gasteiger partial charge in [0.05, 0.1) is 21.3 Å². The number of carbonyl (C=O) groups excluding carboxylic acids is 1. The summed E-state index contributed by atoms with van der Waals surface area (Å²) in [5.41, 5.74) is 2.35. The van der Waals surface area contributed by atoms with Crippen molar-refractivity contribution in [3.63, 3.8) is 0 Å². The van der Waals surface area contributed by atoms with Crippen molar-refractivity contribution < 1.29 is 27.4 Å². The largest absolute Gasteiger partial charge is 0.495 e. The predicted molar refractivity (Wildman–Crippen MR) is 133 cm³/mol. The van der Waals surface area contributed by atoms with Crippen LogP contribution >= 0.6 is 0 Å². The van der Waals surface area contributed by atoms with Crippen LogP contribution in [0.25, 0.3) is 0 Å². The third-order valence-electron chi connectivity index (χ3n) is 5.42. The van der Waals surface area contributed by atoms with Gasteiger partial charge in [0.15, 0.2) is 11.5 Å². The highest BCUT2D eigenvalue weighted by atomic mass is 32.2. The van der Waals surface area contributed by atoms with Gasteiger partial charge >= 0.3 is 0 Å². The minimum Gasteiger partial charge on any atom is -0.495 e. The van der Waals surface area contributed by atoms with Crippen molar-refractivity contribution in [2.45, 2.75) is 30.8 Å². The number of ether oxygens (including phenoxy) is 3. The van der Waals surface area contributed by atoms with Crippen LogP contribution in [0.3, 0.4) is 0 Å². The predicted octanol–water partition coefficient (Wildman–Crippen LogP) is 3.23. The molecule has 0 aromatic heterocycles. The molecular formula is C26H30N2O6S. The molecule has 0 aliphatic rings.